The van der Waals surface area contributed by atoms with Gasteiger partial charge in [0.15, 0.2) is 6.29 Å². The fraction of sp³-hybridized carbons (Fsp3) is 0.500. The summed E-state index contributed by atoms with van der Waals surface area (Å²) in [5, 5.41) is 0.394. The van der Waals surface area contributed by atoms with Crippen molar-refractivity contribution in [1.29, 1.82) is 0 Å². The molecule has 4 rings (SSSR count). The van der Waals surface area contributed by atoms with E-state index in [2.05, 4.69) is 17.4 Å². The molecule has 1 aliphatic carbocycles. The van der Waals surface area contributed by atoms with Gasteiger partial charge in [-0.25, -0.2) is 17.6 Å². The second-order valence-electron chi connectivity index (χ2n) is 8.82. The molecule has 0 unspecified atom stereocenters. The minimum Gasteiger partial charge on any atom is -0.429 e. The number of hydrogen-bond acceptors (Lipinski definition) is 4. The number of benzene rings is 2. The summed E-state index contributed by atoms with van der Waals surface area (Å²) in [5.74, 6) is -5.84. The Hall–Kier alpha value is -1.91. The minimum atomic E-state index is -4.54. The first-order chi connectivity index (χ1) is 16.0. The van der Waals surface area contributed by atoms with Gasteiger partial charge in [0.2, 0.25) is 0 Å². The first-order valence-electron chi connectivity index (χ1n) is 11.0. The van der Waals surface area contributed by atoms with Crippen LogP contribution < -0.4 is 4.74 Å². The molecule has 0 atom stereocenters. The number of thiol groups is 1. The molecule has 0 spiro atoms. The van der Waals surface area contributed by atoms with Gasteiger partial charge in [-0.15, -0.1) is 0 Å². The third-order valence-corrected chi connectivity index (χ3v) is 6.98. The maximum Gasteiger partial charge on any atom is 0.432 e. The molecule has 1 aliphatic heterocycles. The van der Waals surface area contributed by atoms with Gasteiger partial charge in [0, 0.05) is 34.4 Å². The van der Waals surface area contributed by atoms with Gasteiger partial charge in [-0.05, 0) is 50.7 Å². The third kappa shape index (κ3) is 5.33. The van der Waals surface area contributed by atoms with E-state index in [9.17, 15) is 26.3 Å². The lowest BCUT2D eigenvalue weighted by atomic mass is 9.80. The highest BCUT2D eigenvalue weighted by Gasteiger charge is 2.42. The molecule has 0 radical (unpaired) electrons. The van der Waals surface area contributed by atoms with Crippen molar-refractivity contribution in [2.75, 3.05) is 13.2 Å². The topological polar surface area (TPSA) is 27.7 Å². The molecule has 2 fully saturated rings. The normalized spacial score (nSPS) is 25.9. The molecule has 34 heavy (non-hydrogen) atoms. The Balaban J connectivity index is 1.47. The molecule has 186 valence electrons. The van der Waals surface area contributed by atoms with Crippen LogP contribution in [0.3, 0.4) is 0 Å². The fourth-order valence-electron chi connectivity index (χ4n) is 4.44. The fourth-order valence-corrected chi connectivity index (χ4v) is 4.74. The van der Waals surface area contributed by atoms with Gasteiger partial charge in [0.25, 0.3) is 0 Å². The molecular weight excluding hydrogens is 482 g/mol. The Morgan fingerprint density at radius 3 is 1.88 bits per heavy atom. The van der Waals surface area contributed by atoms with Crippen LogP contribution in [0.15, 0.2) is 24.3 Å². The number of halogens is 6. The van der Waals surface area contributed by atoms with Crippen LogP contribution in [-0.2, 0) is 15.6 Å². The third-order valence-electron chi connectivity index (χ3n) is 6.46. The molecule has 2 aromatic rings. The van der Waals surface area contributed by atoms with Gasteiger partial charge in [-0.2, -0.15) is 21.4 Å². The van der Waals surface area contributed by atoms with E-state index in [4.69, 9.17) is 9.47 Å². The summed E-state index contributed by atoms with van der Waals surface area (Å²) in [6.07, 6.45) is -1.64. The van der Waals surface area contributed by atoms with Crippen molar-refractivity contribution in [3.05, 3.63) is 64.2 Å². The van der Waals surface area contributed by atoms with Crippen molar-refractivity contribution in [2.45, 2.75) is 50.3 Å². The molecule has 0 bridgehead atoms. The van der Waals surface area contributed by atoms with E-state index < -0.39 is 52.5 Å². The molecule has 3 nitrogen and oxygen atoms in total. The minimum absolute atomic E-state index is 0.0977. The number of ether oxygens (including phenoxy) is 3. The molecule has 1 saturated heterocycles. The molecule has 2 aliphatic rings. The van der Waals surface area contributed by atoms with Crippen molar-refractivity contribution >= 4 is 12.6 Å². The van der Waals surface area contributed by atoms with Gasteiger partial charge in [-0.1, -0.05) is 0 Å². The second kappa shape index (κ2) is 9.99. The van der Waals surface area contributed by atoms with E-state index in [0.717, 1.165) is 32.6 Å². The van der Waals surface area contributed by atoms with E-state index in [1.54, 1.807) is 0 Å². The molecule has 1 heterocycles. The number of rotatable bonds is 5. The van der Waals surface area contributed by atoms with Crippen LogP contribution in [0.5, 0.6) is 5.75 Å². The lowest BCUT2D eigenvalue weighted by Gasteiger charge is -2.37. The molecular formula is C24H24F6O3S. The largest absolute Gasteiger partial charge is 0.432 e. The maximum absolute atomic E-state index is 14.6. The van der Waals surface area contributed by atoms with Crippen LogP contribution in [0.4, 0.5) is 26.3 Å². The quantitative estimate of drug-likeness (QED) is 0.356. The van der Waals surface area contributed by atoms with Crippen molar-refractivity contribution in [2.24, 2.45) is 11.8 Å². The second-order valence-corrected chi connectivity index (χ2v) is 9.55. The van der Waals surface area contributed by atoms with Crippen LogP contribution in [-0.4, -0.2) is 18.5 Å². The standard InChI is InChI=1S/C24H24F6O3S/c1-12-18(25)8-16(9-19(12)26)33-24(29,30)22-20(27)6-14(7-21(22)28)23-31-10-15(11-32-23)13-2-4-17(34)5-3-13/h6-9,13,15,17,23,34H,2-5,10-11H2,1H3. The highest BCUT2D eigenvalue weighted by Crippen LogP contribution is 2.39. The highest BCUT2D eigenvalue weighted by molar-refractivity contribution is 7.80. The van der Waals surface area contributed by atoms with Crippen LogP contribution in [0, 0.1) is 42.0 Å². The monoisotopic (exact) mass is 506 g/mol. The van der Waals surface area contributed by atoms with Gasteiger partial charge in [0.1, 0.15) is 34.6 Å². The molecule has 0 amide bonds. The Bertz CT molecular complexity index is 987. The smallest absolute Gasteiger partial charge is 0.429 e. The van der Waals surface area contributed by atoms with Crippen LogP contribution in [0.25, 0.3) is 0 Å². The summed E-state index contributed by atoms with van der Waals surface area (Å²) in [4.78, 5) is 0. The maximum atomic E-state index is 14.6. The zero-order valence-corrected chi connectivity index (χ0v) is 19.2. The SMILES string of the molecule is Cc1c(F)cc(OC(F)(F)c2c(F)cc(C3OCC(C4CCC(S)CC4)CO3)cc2F)cc1F. The zero-order chi connectivity index (χ0) is 24.6. The first kappa shape index (κ1) is 25.2. The molecule has 10 heteroatoms. The van der Waals surface area contributed by atoms with E-state index >= 15 is 0 Å². The van der Waals surface area contributed by atoms with Gasteiger partial charge >= 0.3 is 6.11 Å². The van der Waals surface area contributed by atoms with Gasteiger partial charge in [-0.3, -0.25) is 0 Å². The Kier molecular flexibility index (Phi) is 7.40. The van der Waals surface area contributed by atoms with E-state index in [1.807, 2.05) is 0 Å². The summed E-state index contributed by atoms with van der Waals surface area (Å²) < 4.78 is 101. The highest BCUT2D eigenvalue weighted by atomic mass is 32.1. The number of hydrogen-bond donors (Lipinski definition) is 1. The van der Waals surface area contributed by atoms with Crippen molar-refractivity contribution in [3.8, 4) is 5.75 Å². The zero-order valence-electron chi connectivity index (χ0n) is 18.3. The molecule has 0 aromatic heterocycles. The predicted molar refractivity (Wildman–Crippen MR) is 115 cm³/mol. The van der Waals surface area contributed by atoms with E-state index in [-0.39, 0.29) is 11.5 Å². The Labute approximate surface area is 198 Å². The van der Waals surface area contributed by atoms with Crippen molar-refractivity contribution < 1.29 is 40.6 Å². The Morgan fingerprint density at radius 1 is 0.824 bits per heavy atom. The van der Waals surface area contributed by atoms with Crippen LogP contribution >= 0.6 is 12.6 Å². The molecule has 1 saturated carbocycles. The summed E-state index contributed by atoms with van der Waals surface area (Å²) in [5.41, 5.74) is -2.18. The van der Waals surface area contributed by atoms with Gasteiger partial charge < -0.3 is 14.2 Å². The van der Waals surface area contributed by atoms with Crippen molar-refractivity contribution in [3.63, 3.8) is 0 Å². The van der Waals surface area contributed by atoms with E-state index in [0.29, 0.717) is 48.6 Å². The Morgan fingerprint density at radius 2 is 1.35 bits per heavy atom. The van der Waals surface area contributed by atoms with Crippen LogP contribution in [0.1, 0.15) is 48.7 Å². The number of alkyl halides is 2. The van der Waals surface area contributed by atoms with Gasteiger partial charge in [0.05, 0.1) is 13.2 Å². The average Bonchev–Trinajstić information content (AvgIpc) is 2.77. The predicted octanol–water partition coefficient (Wildman–Crippen LogP) is 6.83. The summed E-state index contributed by atoms with van der Waals surface area (Å²) in [6, 6.07) is 2.39. The molecule has 2 aromatic carbocycles. The summed E-state index contributed by atoms with van der Waals surface area (Å²) in [7, 11) is 0. The van der Waals surface area contributed by atoms with Crippen LogP contribution in [0.2, 0.25) is 0 Å². The average molecular weight is 507 g/mol. The summed E-state index contributed by atoms with van der Waals surface area (Å²) in [6.45, 7) is 1.75. The van der Waals surface area contributed by atoms with E-state index in [1.165, 1.54) is 0 Å². The lowest BCUT2D eigenvalue weighted by Crippen LogP contribution is -2.34. The summed E-state index contributed by atoms with van der Waals surface area (Å²) >= 11 is 4.49. The molecule has 0 N–H and O–H groups in total. The lowest BCUT2D eigenvalue weighted by molar-refractivity contribution is -0.214. The first-order valence-corrected chi connectivity index (χ1v) is 11.5. The van der Waals surface area contributed by atoms with Crippen molar-refractivity contribution in [1.82, 2.24) is 0 Å².